The third-order valence-electron chi connectivity index (χ3n) is 20.4. The van der Waals surface area contributed by atoms with Gasteiger partial charge in [-0.15, -0.1) is 0 Å². The molecular weight excluding hydrogens is 1360 g/mol. The Balaban J connectivity index is 0.000000138. The van der Waals surface area contributed by atoms with E-state index in [0.717, 1.165) is 72.3 Å². The monoisotopic (exact) mass is 1430 g/mol. The maximum absolute atomic E-state index is 6.35. The van der Waals surface area contributed by atoms with Crippen LogP contribution < -0.4 is 5.46 Å². The zero-order chi connectivity index (χ0) is 73.1. The van der Waals surface area contributed by atoms with Gasteiger partial charge in [0, 0.05) is 62.2 Å². The standard InChI is InChI=1S/C45H30N4.C30H28BNO2.C21H14ClN3.CH4.H2/c1-4-12-31(13-5-1)33-20-22-36(23-21-33)44-46-43(35-16-8-3-9-17-35)47-45(48-44)37-26-29-40-39-18-10-11-19-41(39)49(42(40)30-37)38-27-24-34(25-28-38)32-14-6-2-7-15-32;1-29(2)30(3,4)34-31(33-29)23-16-19-26-25-12-8-9-13-27(25)32(28(26)20-23)24-17-14-22(15-18-24)21-10-6-5-7-11-21;22-21-24-19(17-9-5-2-6-10-17)23-20(25-21)18-13-11-16(12-14-18)15-7-3-1-4-8-15;;/h1-30H;5-20H,1-4H3;1-14H;1H4;1H/i;;;;1+1. The Labute approximate surface area is 642 Å². The third-order valence-corrected chi connectivity index (χ3v) is 20.6. The minimum absolute atomic E-state index is 0. The SMILES string of the molecule is C.CC1(C)OB(c2ccc3c4ccccc4n(-c4ccc(-c5ccccc5)cc4)c3c2)OC1(C)C.Clc1nc(-c2ccccc2)nc(-c2ccc(-c3ccccc3)cc2)n1.[2HH].c1ccc(-c2ccc(-c3nc(-c4ccccc4)nc(-c4ccc5c6ccccc6n(-c6ccc(-c7ccccc7)cc6)c5c4)n3)cc2)cc1. The molecule has 4 aromatic heterocycles. The van der Waals surface area contributed by atoms with Crippen molar-refractivity contribution >= 4 is 67.8 Å². The summed E-state index contributed by atoms with van der Waals surface area (Å²) < 4.78 is 17.4. The molecule has 0 aliphatic carbocycles. The molecule has 18 aromatic rings. The largest absolute Gasteiger partial charge is 0.494 e. The fourth-order valence-corrected chi connectivity index (χ4v) is 14.2. The highest BCUT2D eigenvalue weighted by molar-refractivity contribution is 6.62. The highest BCUT2D eigenvalue weighted by Gasteiger charge is 2.52. The van der Waals surface area contributed by atoms with Crippen LogP contribution in [0, 0.1) is 0 Å². The summed E-state index contributed by atoms with van der Waals surface area (Å²) >= 11 is 6.11. The Bertz CT molecular complexity index is 6200. The Morgan fingerprint density at radius 2 is 0.505 bits per heavy atom. The number of halogens is 1. The molecule has 1 saturated heterocycles. The second kappa shape index (κ2) is 30.4. The van der Waals surface area contributed by atoms with Gasteiger partial charge in [0.15, 0.2) is 29.1 Å². The molecule has 10 nitrogen and oxygen atoms in total. The summed E-state index contributed by atoms with van der Waals surface area (Å²) in [6, 6.07) is 126. The van der Waals surface area contributed by atoms with E-state index in [1.54, 1.807) is 0 Å². The zero-order valence-corrected chi connectivity index (χ0v) is 60.7. The summed E-state index contributed by atoms with van der Waals surface area (Å²) in [4.78, 5) is 28.2. The molecule has 0 atom stereocenters. The molecule has 0 bridgehead atoms. The molecule has 0 radical (unpaired) electrons. The average Bonchev–Trinajstić information content (AvgIpc) is 1.59. The van der Waals surface area contributed by atoms with Gasteiger partial charge < -0.3 is 18.4 Å². The molecule has 1 aliphatic rings. The van der Waals surface area contributed by atoms with E-state index in [1.807, 2.05) is 109 Å². The van der Waals surface area contributed by atoms with E-state index in [4.69, 9.17) is 35.9 Å². The molecule has 1 aliphatic heterocycles. The minimum Gasteiger partial charge on any atom is -0.399 e. The molecule has 528 valence electrons. The number of nitrogens with zero attached hydrogens (tertiary/aromatic N) is 8. The van der Waals surface area contributed by atoms with Crippen molar-refractivity contribution in [2.45, 2.75) is 46.3 Å². The van der Waals surface area contributed by atoms with Crippen molar-refractivity contribution < 1.29 is 10.7 Å². The third kappa shape index (κ3) is 14.5. The molecule has 0 N–H and O–H groups in total. The number of para-hydroxylation sites is 2. The van der Waals surface area contributed by atoms with E-state index < -0.39 is 0 Å². The summed E-state index contributed by atoms with van der Waals surface area (Å²) in [6.07, 6.45) is 0. The second-order valence-corrected chi connectivity index (χ2v) is 28.1. The Kier molecular flexibility index (Phi) is 19.6. The summed E-state index contributed by atoms with van der Waals surface area (Å²) in [5.74, 6) is 3.06. The van der Waals surface area contributed by atoms with Crippen LogP contribution in [0.15, 0.2) is 364 Å². The lowest BCUT2D eigenvalue weighted by molar-refractivity contribution is 0.00578. The van der Waals surface area contributed by atoms with Crippen LogP contribution in [-0.4, -0.2) is 57.4 Å². The van der Waals surface area contributed by atoms with Crippen molar-refractivity contribution in [2.24, 2.45) is 0 Å². The normalized spacial score (nSPS) is 12.8. The quantitative estimate of drug-likeness (QED) is 0.111. The first-order valence-electron chi connectivity index (χ1n) is 36.3. The minimum atomic E-state index is -0.388. The summed E-state index contributed by atoms with van der Waals surface area (Å²) in [7, 11) is -0.388. The van der Waals surface area contributed by atoms with Gasteiger partial charge in [0.25, 0.3) is 0 Å². The maximum atomic E-state index is 6.35. The van der Waals surface area contributed by atoms with Gasteiger partial charge in [0.2, 0.25) is 5.28 Å². The maximum Gasteiger partial charge on any atom is 0.494 e. The molecule has 0 unspecified atom stereocenters. The summed E-state index contributed by atoms with van der Waals surface area (Å²) in [5.41, 5.74) is 21.2. The van der Waals surface area contributed by atoms with Gasteiger partial charge in [-0.25, -0.2) is 19.9 Å². The number of aromatic nitrogens is 8. The van der Waals surface area contributed by atoms with Gasteiger partial charge in [-0.1, -0.05) is 323 Å². The van der Waals surface area contributed by atoms with Crippen LogP contribution in [0.5, 0.6) is 0 Å². The van der Waals surface area contributed by atoms with Gasteiger partial charge >= 0.3 is 7.12 Å². The first kappa shape index (κ1) is 70.3. The van der Waals surface area contributed by atoms with E-state index in [1.165, 1.54) is 60.4 Å². The van der Waals surface area contributed by atoms with Crippen molar-refractivity contribution in [3.8, 4) is 113 Å². The van der Waals surface area contributed by atoms with Gasteiger partial charge in [-0.05, 0) is 138 Å². The predicted octanol–water partition coefficient (Wildman–Crippen LogP) is 24.5. The van der Waals surface area contributed by atoms with Gasteiger partial charge in [0.1, 0.15) is 0 Å². The topological polar surface area (TPSA) is 106 Å². The van der Waals surface area contributed by atoms with Gasteiger partial charge in [-0.3, -0.25) is 0 Å². The summed E-state index contributed by atoms with van der Waals surface area (Å²) in [6.45, 7) is 8.38. The Hall–Kier alpha value is -13.0. The lowest BCUT2D eigenvalue weighted by atomic mass is 9.79. The predicted molar refractivity (Wildman–Crippen MR) is 453 cm³/mol. The molecule has 109 heavy (non-hydrogen) atoms. The Morgan fingerprint density at radius 3 is 0.872 bits per heavy atom. The molecule has 0 amide bonds. The number of hydrogen-bond donors (Lipinski definition) is 0. The van der Waals surface area contributed by atoms with Crippen molar-refractivity contribution in [3.05, 3.63) is 369 Å². The Morgan fingerprint density at radius 1 is 0.257 bits per heavy atom. The molecule has 19 rings (SSSR count). The number of hydrogen-bond acceptors (Lipinski definition) is 8. The van der Waals surface area contributed by atoms with E-state index in [-0.39, 0.29) is 32.5 Å². The average molecular weight is 1440 g/mol. The lowest BCUT2D eigenvalue weighted by Gasteiger charge is -2.32. The molecule has 0 spiro atoms. The smallest absolute Gasteiger partial charge is 0.399 e. The molecular formula is C97H78BClN8O2. The van der Waals surface area contributed by atoms with Crippen LogP contribution in [0.3, 0.4) is 0 Å². The number of rotatable bonds is 12. The van der Waals surface area contributed by atoms with Crippen molar-refractivity contribution in [1.29, 1.82) is 0 Å². The first-order chi connectivity index (χ1) is 52.9. The van der Waals surface area contributed by atoms with E-state index >= 15 is 0 Å². The van der Waals surface area contributed by atoms with Crippen molar-refractivity contribution in [2.75, 3.05) is 0 Å². The van der Waals surface area contributed by atoms with Gasteiger partial charge in [0.05, 0.1) is 33.3 Å². The molecule has 1 fully saturated rings. The highest BCUT2D eigenvalue weighted by Crippen LogP contribution is 2.40. The van der Waals surface area contributed by atoms with Crippen LogP contribution in [0.2, 0.25) is 5.28 Å². The number of benzene rings is 14. The van der Waals surface area contributed by atoms with E-state index in [0.29, 0.717) is 29.1 Å². The van der Waals surface area contributed by atoms with Crippen LogP contribution in [-0.2, 0) is 9.31 Å². The van der Waals surface area contributed by atoms with Crippen LogP contribution in [0.25, 0.3) is 156 Å². The second-order valence-electron chi connectivity index (χ2n) is 27.8. The van der Waals surface area contributed by atoms with Crippen LogP contribution in [0.1, 0.15) is 36.5 Å². The first-order valence-corrected chi connectivity index (χ1v) is 36.6. The highest BCUT2D eigenvalue weighted by atomic mass is 35.5. The van der Waals surface area contributed by atoms with E-state index in [2.05, 4.69) is 307 Å². The summed E-state index contributed by atoms with van der Waals surface area (Å²) in [5, 5.41) is 5.04. The van der Waals surface area contributed by atoms with Crippen LogP contribution in [0.4, 0.5) is 0 Å². The van der Waals surface area contributed by atoms with Crippen molar-refractivity contribution in [3.63, 3.8) is 0 Å². The van der Waals surface area contributed by atoms with Gasteiger partial charge in [-0.2, -0.15) is 9.97 Å². The van der Waals surface area contributed by atoms with Crippen molar-refractivity contribution in [1.82, 2.24) is 39.0 Å². The number of fused-ring (bicyclic) bond motifs is 6. The molecule has 12 heteroatoms. The fraction of sp³-hybridized carbons (Fsp3) is 0.0722. The molecule has 5 heterocycles. The lowest BCUT2D eigenvalue weighted by Crippen LogP contribution is -2.41. The molecule has 14 aromatic carbocycles. The van der Waals surface area contributed by atoms with E-state index in [9.17, 15) is 0 Å². The van der Waals surface area contributed by atoms with Crippen LogP contribution >= 0.6 is 11.6 Å². The molecule has 0 saturated carbocycles. The zero-order valence-electron chi connectivity index (χ0n) is 60.0. The fourth-order valence-electron chi connectivity index (χ4n) is 14.1.